The maximum absolute atomic E-state index is 12.2. The second kappa shape index (κ2) is 6.58. The zero-order valence-electron chi connectivity index (χ0n) is 13.9. The molecule has 124 valence electrons. The minimum Gasteiger partial charge on any atom is -0.319 e. The molecule has 0 saturated carbocycles. The summed E-state index contributed by atoms with van der Waals surface area (Å²) in [6.07, 6.45) is 1.75. The monoisotopic (exact) mass is 348 g/mol. The number of nitriles is 2. The van der Waals surface area contributed by atoms with Crippen LogP contribution >= 0.6 is 11.8 Å². The molecular formula is C19H16N4OS. The summed E-state index contributed by atoms with van der Waals surface area (Å²) in [6.45, 7) is 3.52. The lowest BCUT2D eigenvalue weighted by Gasteiger charge is -2.34. The molecular weight excluding hydrogens is 332 g/mol. The average Bonchev–Trinajstić information content (AvgIpc) is 2.59. The highest BCUT2D eigenvalue weighted by Gasteiger charge is 2.44. The van der Waals surface area contributed by atoms with Crippen molar-refractivity contribution in [3.05, 3.63) is 52.7 Å². The number of nitrogens with one attached hydrogen (secondary N) is 1. The van der Waals surface area contributed by atoms with E-state index >= 15 is 0 Å². The standard InChI is InChI=1S/C19H16N4OS/c1-19(2)14(9-20)17(24)23-18(15(19)10-21)25-11-13-6-3-5-12-7-4-8-22-16(12)13/h3-8,14H,11H2,1-2H3,(H,23,24). The maximum atomic E-state index is 12.2. The third-order valence-corrected chi connectivity index (χ3v) is 5.47. The fourth-order valence-electron chi connectivity index (χ4n) is 2.97. The third kappa shape index (κ3) is 2.97. The van der Waals surface area contributed by atoms with Gasteiger partial charge in [0.2, 0.25) is 5.91 Å². The number of fused-ring (bicyclic) bond motifs is 1. The number of allylic oxidation sites excluding steroid dienone is 1. The van der Waals surface area contributed by atoms with Crippen molar-refractivity contribution < 1.29 is 4.79 Å². The number of aromatic nitrogens is 1. The fourth-order valence-corrected chi connectivity index (χ4v) is 4.13. The summed E-state index contributed by atoms with van der Waals surface area (Å²) in [4.78, 5) is 16.7. The Labute approximate surface area is 150 Å². The predicted octanol–water partition coefficient (Wildman–Crippen LogP) is 3.50. The number of rotatable bonds is 3. The highest BCUT2D eigenvalue weighted by atomic mass is 32.2. The van der Waals surface area contributed by atoms with Gasteiger partial charge in [-0.1, -0.05) is 38.1 Å². The Balaban J connectivity index is 1.94. The Morgan fingerprint density at radius 2 is 2.04 bits per heavy atom. The van der Waals surface area contributed by atoms with Gasteiger partial charge >= 0.3 is 0 Å². The van der Waals surface area contributed by atoms with Crippen LogP contribution in [0.2, 0.25) is 0 Å². The van der Waals surface area contributed by atoms with E-state index in [4.69, 9.17) is 0 Å². The van der Waals surface area contributed by atoms with Gasteiger partial charge < -0.3 is 5.32 Å². The first kappa shape index (κ1) is 17.0. The minimum atomic E-state index is -0.870. The lowest BCUT2D eigenvalue weighted by Crippen LogP contribution is -2.44. The van der Waals surface area contributed by atoms with Gasteiger partial charge in [-0.2, -0.15) is 10.5 Å². The van der Waals surface area contributed by atoms with Crippen molar-refractivity contribution in [2.45, 2.75) is 19.6 Å². The van der Waals surface area contributed by atoms with Crippen LogP contribution in [0.1, 0.15) is 19.4 Å². The molecule has 1 N–H and O–H groups in total. The number of nitrogens with zero attached hydrogens (tertiary/aromatic N) is 3. The molecule has 0 aliphatic carbocycles. The highest BCUT2D eigenvalue weighted by molar-refractivity contribution is 8.02. The van der Waals surface area contributed by atoms with Crippen molar-refractivity contribution in [3.63, 3.8) is 0 Å². The summed E-state index contributed by atoms with van der Waals surface area (Å²) in [7, 11) is 0. The predicted molar refractivity (Wildman–Crippen MR) is 96.7 cm³/mol. The number of thioether (sulfide) groups is 1. The second-order valence-electron chi connectivity index (χ2n) is 6.37. The summed E-state index contributed by atoms with van der Waals surface area (Å²) < 4.78 is 0. The highest BCUT2D eigenvalue weighted by Crippen LogP contribution is 2.42. The molecule has 0 bridgehead atoms. The first-order valence-corrected chi connectivity index (χ1v) is 8.78. The molecule has 3 rings (SSSR count). The largest absolute Gasteiger partial charge is 0.319 e. The van der Waals surface area contributed by atoms with E-state index in [0.717, 1.165) is 16.5 Å². The van der Waals surface area contributed by atoms with Crippen molar-refractivity contribution in [2.24, 2.45) is 11.3 Å². The molecule has 0 spiro atoms. The fraction of sp³-hybridized carbons (Fsp3) is 0.263. The first-order valence-electron chi connectivity index (χ1n) is 7.79. The van der Waals surface area contributed by atoms with Gasteiger partial charge in [-0.15, -0.1) is 11.8 Å². The molecule has 25 heavy (non-hydrogen) atoms. The smallest absolute Gasteiger partial charge is 0.243 e. The van der Waals surface area contributed by atoms with Gasteiger partial charge in [-0.3, -0.25) is 9.78 Å². The lowest BCUT2D eigenvalue weighted by atomic mass is 9.72. The third-order valence-electron chi connectivity index (χ3n) is 4.42. The molecule has 1 atom stereocenters. The Hall–Kier alpha value is -2.83. The molecule has 1 amide bonds. The van der Waals surface area contributed by atoms with Gasteiger partial charge in [0.25, 0.3) is 0 Å². The van der Waals surface area contributed by atoms with Gasteiger partial charge in [0.1, 0.15) is 5.92 Å². The molecule has 1 aromatic heterocycles. The van der Waals surface area contributed by atoms with Crippen molar-refractivity contribution >= 4 is 28.6 Å². The van der Waals surface area contributed by atoms with Crippen molar-refractivity contribution in [1.82, 2.24) is 10.3 Å². The molecule has 1 aliphatic rings. The topological polar surface area (TPSA) is 89.6 Å². The summed E-state index contributed by atoms with van der Waals surface area (Å²) in [5.41, 5.74) is 1.57. The zero-order valence-corrected chi connectivity index (χ0v) is 14.7. The average molecular weight is 348 g/mol. The quantitative estimate of drug-likeness (QED) is 0.917. The number of carbonyl (C=O) groups is 1. The summed E-state index contributed by atoms with van der Waals surface area (Å²) >= 11 is 1.39. The van der Waals surface area contributed by atoms with E-state index in [1.807, 2.05) is 36.4 Å². The molecule has 2 heterocycles. The Morgan fingerprint density at radius 1 is 1.28 bits per heavy atom. The van der Waals surface area contributed by atoms with Crippen LogP contribution in [-0.2, 0) is 10.5 Å². The summed E-state index contributed by atoms with van der Waals surface area (Å²) in [5, 5.41) is 23.1. The van der Waals surface area contributed by atoms with Gasteiger partial charge in [0, 0.05) is 22.8 Å². The number of hydrogen-bond acceptors (Lipinski definition) is 5. The molecule has 2 aromatic rings. The molecule has 1 unspecified atom stereocenters. The number of amides is 1. The molecule has 5 nitrogen and oxygen atoms in total. The molecule has 6 heteroatoms. The first-order chi connectivity index (χ1) is 12.0. The van der Waals surface area contributed by atoms with Crippen LogP contribution in [0.4, 0.5) is 0 Å². The maximum Gasteiger partial charge on any atom is 0.243 e. The van der Waals surface area contributed by atoms with E-state index in [-0.39, 0.29) is 5.91 Å². The lowest BCUT2D eigenvalue weighted by molar-refractivity contribution is -0.125. The Morgan fingerprint density at radius 3 is 2.76 bits per heavy atom. The second-order valence-corrected chi connectivity index (χ2v) is 7.36. The molecule has 0 saturated heterocycles. The number of pyridine rings is 1. The van der Waals surface area contributed by atoms with E-state index in [1.165, 1.54) is 11.8 Å². The van der Waals surface area contributed by atoms with E-state index in [1.54, 1.807) is 20.0 Å². The van der Waals surface area contributed by atoms with E-state index in [2.05, 4.69) is 16.4 Å². The molecule has 1 aromatic carbocycles. The van der Waals surface area contributed by atoms with Crippen LogP contribution in [-0.4, -0.2) is 10.9 Å². The van der Waals surface area contributed by atoms with Crippen LogP contribution in [0.15, 0.2) is 47.1 Å². The summed E-state index contributed by atoms with van der Waals surface area (Å²) in [6, 6.07) is 14.0. The zero-order chi connectivity index (χ0) is 18.0. The number of para-hydroxylation sites is 1. The Kier molecular flexibility index (Phi) is 4.48. The molecule has 1 aliphatic heterocycles. The van der Waals surface area contributed by atoms with Crippen molar-refractivity contribution in [3.8, 4) is 12.1 Å². The van der Waals surface area contributed by atoms with Gasteiger partial charge in [-0.05, 0) is 11.6 Å². The van der Waals surface area contributed by atoms with Crippen LogP contribution in [0, 0.1) is 34.0 Å². The van der Waals surface area contributed by atoms with Crippen LogP contribution < -0.4 is 5.32 Å². The van der Waals surface area contributed by atoms with Crippen LogP contribution in [0.3, 0.4) is 0 Å². The Bertz CT molecular complexity index is 960. The number of carbonyl (C=O) groups excluding carboxylic acids is 1. The van der Waals surface area contributed by atoms with E-state index in [0.29, 0.717) is 16.4 Å². The SMILES string of the molecule is CC1(C)C(C#N)=C(SCc2cccc3cccnc23)NC(=O)C1C#N. The molecule has 0 radical (unpaired) electrons. The summed E-state index contributed by atoms with van der Waals surface area (Å²) in [5.74, 6) is -0.654. The van der Waals surface area contributed by atoms with E-state index < -0.39 is 11.3 Å². The molecule has 0 fully saturated rings. The van der Waals surface area contributed by atoms with Gasteiger partial charge in [0.05, 0.1) is 28.3 Å². The van der Waals surface area contributed by atoms with Gasteiger partial charge in [-0.25, -0.2) is 0 Å². The minimum absolute atomic E-state index is 0.356. The van der Waals surface area contributed by atoms with Gasteiger partial charge in [0.15, 0.2) is 0 Å². The van der Waals surface area contributed by atoms with Crippen LogP contribution in [0.5, 0.6) is 0 Å². The number of benzene rings is 1. The normalized spacial score (nSPS) is 19.2. The van der Waals surface area contributed by atoms with E-state index in [9.17, 15) is 15.3 Å². The van der Waals surface area contributed by atoms with Crippen LogP contribution in [0.25, 0.3) is 10.9 Å². The van der Waals surface area contributed by atoms with Crippen molar-refractivity contribution in [1.29, 1.82) is 10.5 Å². The number of hydrogen-bond donors (Lipinski definition) is 1. The van der Waals surface area contributed by atoms with Crippen molar-refractivity contribution in [2.75, 3.05) is 0 Å².